The summed E-state index contributed by atoms with van der Waals surface area (Å²) in [5.74, 6) is -0.415. The number of amides is 2. The molecule has 1 atom stereocenters. The molecule has 0 spiro atoms. The summed E-state index contributed by atoms with van der Waals surface area (Å²) in [6.45, 7) is 8.17. The highest BCUT2D eigenvalue weighted by Gasteiger charge is 2.26. The molecule has 1 aromatic heterocycles. The van der Waals surface area contributed by atoms with Crippen LogP contribution >= 0.6 is 23.4 Å². The molecule has 0 unspecified atom stereocenters. The fourth-order valence-electron chi connectivity index (χ4n) is 3.18. The molecule has 2 amide bonds. The summed E-state index contributed by atoms with van der Waals surface area (Å²) >= 11 is 6.96. The first kappa shape index (κ1) is 25.5. The van der Waals surface area contributed by atoms with Gasteiger partial charge in [-0.25, -0.2) is 4.39 Å². The van der Waals surface area contributed by atoms with E-state index in [-0.39, 0.29) is 28.5 Å². The molecule has 1 heterocycles. The van der Waals surface area contributed by atoms with Crippen LogP contribution in [0.3, 0.4) is 0 Å². The van der Waals surface area contributed by atoms with Crippen LogP contribution in [-0.4, -0.2) is 32.3 Å². The number of carbonyl (C=O) groups excluding carboxylic acids is 2. The smallest absolute Gasteiger partial charge is 0.251 e. The summed E-state index contributed by atoms with van der Waals surface area (Å²) < 4.78 is 15.2. The molecule has 0 aliphatic rings. The molecular formula is C24H25ClFN5O2S. The van der Waals surface area contributed by atoms with Crippen LogP contribution in [0.4, 0.5) is 10.1 Å². The van der Waals surface area contributed by atoms with Gasteiger partial charge in [-0.1, -0.05) is 61.5 Å². The Bertz CT molecular complexity index is 1170. The van der Waals surface area contributed by atoms with Gasteiger partial charge in [0.1, 0.15) is 5.82 Å². The number of hydrogen-bond donors (Lipinski definition) is 2. The van der Waals surface area contributed by atoms with E-state index in [1.54, 1.807) is 30.3 Å². The van der Waals surface area contributed by atoms with E-state index in [1.807, 2.05) is 24.5 Å². The van der Waals surface area contributed by atoms with Crippen molar-refractivity contribution >= 4 is 40.9 Å². The summed E-state index contributed by atoms with van der Waals surface area (Å²) in [7, 11) is 0. The normalized spacial score (nSPS) is 11.8. The molecule has 2 aromatic carbocycles. The molecule has 3 rings (SSSR count). The Kier molecular flexibility index (Phi) is 8.84. The van der Waals surface area contributed by atoms with Gasteiger partial charge in [-0.05, 0) is 36.2 Å². The second-order valence-corrected chi connectivity index (χ2v) is 9.12. The molecule has 34 heavy (non-hydrogen) atoms. The molecule has 0 aliphatic carbocycles. The fraction of sp³-hybridized carbons (Fsp3) is 0.250. The third-order valence-corrected chi connectivity index (χ3v) is 6.12. The number of carbonyl (C=O) groups is 2. The minimum atomic E-state index is -0.557. The van der Waals surface area contributed by atoms with E-state index in [2.05, 4.69) is 27.4 Å². The lowest BCUT2D eigenvalue weighted by Gasteiger charge is -2.22. The summed E-state index contributed by atoms with van der Waals surface area (Å²) in [6, 6.07) is 12.5. The lowest BCUT2D eigenvalue weighted by atomic mass is 10.0. The molecule has 0 fully saturated rings. The van der Waals surface area contributed by atoms with Gasteiger partial charge in [0.15, 0.2) is 11.0 Å². The topological polar surface area (TPSA) is 88.9 Å². The van der Waals surface area contributed by atoms with Crippen molar-refractivity contribution in [2.24, 2.45) is 5.92 Å². The number of aromatic nitrogens is 3. The van der Waals surface area contributed by atoms with Crippen molar-refractivity contribution in [2.45, 2.75) is 31.6 Å². The standard InChI is InChI=1S/C24H25ClFN5O2S/c1-4-12-31-22(21(15(2)3)28-23(33)16-8-6-5-7-9-16)29-30-24(31)34-14-20(32)27-17-10-11-19(26)18(25)13-17/h4-11,13,15,21H,1,12,14H2,2-3H3,(H,27,32)(H,28,33)/t21-/m1/s1. The van der Waals surface area contributed by atoms with E-state index in [4.69, 9.17) is 11.6 Å². The predicted molar refractivity (Wildman–Crippen MR) is 132 cm³/mol. The van der Waals surface area contributed by atoms with Crippen LogP contribution in [0.25, 0.3) is 0 Å². The number of anilines is 1. The number of allylic oxidation sites excluding steroid dienone is 1. The highest BCUT2D eigenvalue weighted by molar-refractivity contribution is 7.99. The predicted octanol–water partition coefficient (Wildman–Crippen LogP) is 5.11. The first-order chi connectivity index (χ1) is 16.3. The number of hydrogen-bond acceptors (Lipinski definition) is 5. The first-order valence-corrected chi connectivity index (χ1v) is 11.9. The van der Waals surface area contributed by atoms with Gasteiger partial charge in [-0.3, -0.25) is 9.59 Å². The molecule has 2 N–H and O–H groups in total. The van der Waals surface area contributed by atoms with Crippen molar-refractivity contribution in [1.29, 1.82) is 0 Å². The average Bonchev–Trinajstić information content (AvgIpc) is 3.21. The Morgan fingerprint density at radius 2 is 1.94 bits per heavy atom. The molecular weight excluding hydrogens is 477 g/mol. The lowest BCUT2D eigenvalue weighted by molar-refractivity contribution is -0.113. The third-order valence-electron chi connectivity index (χ3n) is 4.86. The Labute approximate surface area is 206 Å². The van der Waals surface area contributed by atoms with E-state index < -0.39 is 11.9 Å². The maximum absolute atomic E-state index is 13.3. The van der Waals surface area contributed by atoms with Gasteiger partial charge in [0.2, 0.25) is 5.91 Å². The van der Waals surface area contributed by atoms with Crippen molar-refractivity contribution in [1.82, 2.24) is 20.1 Å². The Morgan fingerprint density at radius 1 is 1.21 bits per heavy atom. The van der Waals surface area contributed by atoms with Crippen molar-refractivity contribution < 1.29 is 14.0 Å². The first-order valence-electron chi connectivity index (χ1n) is 10.6. The second-order valence-electron chi connectivity index (χ2n) is 7.77. The quantitative estimate of drug-likeness (QED) is 0.297. The van der Waals surface area contributed by atoms with Gasteiger partial charge in [0.25, 0.3) is 5.91 Å². The molecule has 0 radical (unpaired) electrons. The van der Waals surface area contributed by atoms with Gasteiger partial charge in [0, 0.05) is 17.8 Å². The highest BCUT2D eigenvalue weighted by atomic mass is 35.5. The van der Waals surface area contributed by atoms with Gasteiger partial charge in [0.05, 0.1) is 16.8 Å². The minimum Gasteiger partial charge on any atom is -0.342 e. The SMILES string of the molecule is C=CCn1c(SCC(=O)Nc2ccc(F)c(Cl)c2)nnc1[C@H](NC(=O)c1ccccc1)C(C)C. The molecule has 0 aliphatic heterocycles. The van der Waals surface area contributed by atoms with E-state index in [1.165, 1.54) is 30.0 Å². The van der Waals surface area contributed by atoms with Crippen LogP contribution in [0.5, 0.6) is 0 Å². The molecule has 10 heteroatoms. The van der Waals surface area contributed by atoms with Crippen molar-refractivity contribution in [3.63, 3.8) is 0 Å². The highest BCUT2D eigenvalue weighted by Crippen LogP contribution is 2.26. The van der Waals surface area contributed by atoms with Crippen LogP contribution in [0.15, 0.2) is 66.3 Å². The van der Waals surface area contributed by atoms with Crippen LogP contribution in [0.1, 0.15) is 36.1 Å². The van der Waals surface area contributed by atoms with E-state index in [9.17, 15) is 14.0 Å². The van der Waals surface area contributed by atoms with E-state index in [0.29, 0.717) is 28.8 Å². The van der Waals surface area contributed by atoms with Crippen molar-refractivity contribution in [2.75, 3.05) is 11.1 Å². The van der Waals surface area contributed by atoms with Gasteiger partial charge >= 0.3 is 0 Å². The maximum atomic E-state index is 13.3. The average molecular weight is 502 g/mol. The summed E-state index contributed by atoms with van der Waals surface area (Å²) in [6.07, 6.45) is 1.70. The number of benzene rings is 2. The van der Waals surface area contributed by atoms with Crippen LogP contribution in [-0.2, 0) is 11.3 Å². The Balaban J connectivity index is 1.74. The molecule has 7 nitrogen and oxygen atoms in total. The lowest BCUT2D eigenvalue weighted by Crippen LogP contribution is -2.33. The number of nitrogens with zero attached hydrogens (tertiary/aromatic N) is 3. The Morgan fingerprint density at radius 3 is 2.59 bits per heavy atom. The number of nitrogens with one attached hydrogen (secondary N) is 2. The number of halogens is 2. The minimum absolute atomic E-state index is 0.0322. The summed E-state index contributed by atoms with van der Waals surface area (Å²) in [4.78, 5) is 25.2. The summed E-state index contributed by atoms with van der Waals surface area (Å²) in [5.41, 5.74) is 0.948. The Hall–Kier alpha value is -3.17. The molecule has 0 saturated heterocycles. The molecule has 0 bridgehead atoms. The molecule has 178 valence electrons. The monoisotopic (exact) mass is 501 g/mol. The van der Waals surface area contributed by atoms with Crippen LogP contribution in [0, 0.1) is 11.7 Å². The van der Waals surface area contributed by atoms with Crippen LogP contribution in [0.2, 0.25) is 5.02 Å². The van der Waals surface area contributed by atoms with Crippen LogP contribution < -0.4 is 10.6 Å². The maximum Gasteiger partial charge on any atom is 0.251 e. The van der Waals surface area contributed by atoms with Crippen molar-refractivity contribution in [3.8, 4) is 0 Å². The summed E-state index contributed by atoms with van der Waals surface area (Å²) in [5, 5.41) is 14.7. The zero-order valence-electron chi connectivity index (χ0n) is 18.8. The van der Waals surface area contributed by atoms with E-state index >= 15 is 0 Å². The van der Waals surface area contributed by atoms with Crippen molar-refractivity contribution in [3.05, 3.63) is 83.4 Å². The van der Waals surface area contributed by atoms with E-state index in [0.717, 1.165) is 0 Å². The zero-order chi connectivity index (χ0) is 24.7. The second kappa shape index (κ2) is 11.8. The molecule has 0 saturated carbocycles. The third kappa shape index (κ3) is 6.45. The largest absolute Gasteiger partial charge is 0.342 e. The fourth-order valence-corrected chi connectivity index (χ4v) is 4.12. The number of thioether (sulfide) groups is 1. The van der Waals surface area contributed by atoms with Gasteiger partial charge in [-0.2, -0.15) is 0 Å². The van der Waals surface area contributed by atoms with Gasteiger partial charge in [-0.15, -0.1) is 16.8 Å². The molecule has 3 aromatic rings. The van der Waals surface area contributed by atoms with Gasteiger partial charge < -0.3 is 15.2 Å². The zero-order valence-corrected chi connectivity index (χ0v) is 20.4. The number of rotatable bonds is 10.